The highest BCUT2D eigenvalue weighted by molar-refractivity contribution is 7.99. The van der Waals surface area contributed by atoms with Crippen LogP contribution in [-0.2, 0) is 11.3 Å². The van der Waals surface area contributed by atoms with Crippen LogP contribution in [0.5, 0.6) is 0 Å². The molecule has 1 fully saturated rings. The van der Waals surface area contributed by atoms with E-state index < -0.39 is 5.54 Å². The lowest BCUT2D eigenvalue weighted by atomic mass is 9.85. The molecule has 2 amide bonds. The van der Waals surface area contributed by atoms with Crippen molar-refractivity contribution in [2.75, 3.05) is 18.1 Å². The zero-order valence-corrected chi connectivity index (χ0v) is 20.4. The average Bonchev–Trinajstić information content (AvgIpc) is 3.15. The Morgan fingerprint density at radius 3 is 2.81 bits per heavy atom. The van der Waals surface area contributed by atoms with Crippen molar-refractivity contribution < 1.29 is 9.59 Å². The fraction of sp³-hybridized carbons (Fsp3) is 0.640. The summed E-state index contributed by atoms with van der Waals surface area (Å²) in [4.78, 5) is 33.8. The molecule has 0 radical (unpaired) electrons. The second kappa shape index (κ2) is 9.86. The van der Waals surface area contributed by atoms with E-state index in [4.69, 9.17) is 0 Å². The van der Waals surface area contributed by atoms with Crippen LogP contribution in [-0.4, -0.2) is 55.9 Å². The second-order valence-electron chi connectivity index (χ2n) is 9.55. The van der Waals surface area contributed by atoms with Gasteiger partial charge in [-0.05, 0) is 62.2 Å². The van der Waals surface area contributed by atoms with Crippen LogP contribution in [0.15, 0.2) is 24.3 Å². The lowest BCUT2D eigenvalue weighted by molar-refractivity contribution is -0.134. The Hall–Kier alpha value is -2.02. The molecule has 1 aromatic carbocycles. The smallest absolute Gasteiger partial charge is 0.290 e. The first-order chi connectivity index (χ1) is 15.5. The SMILES string of the molecule is CCCSCCCN1C(=O)c2nc3ccccc3n2C[C@]1(C)C(=O)N[C@H]1CCCC[C@H]1C. The first-order valence-electron chi connectivity index (χ1n) is 12.1. The molecule has 7 heteroatoms. The van der Waals surface area contributed by atoms with Crippen LogP contribution < -0.4 is 5.32 Å². The predicted molar refractivity (Wildman–Crippen MR) is 131 cm³/mol. The molecule has 32 heavy (non-hydrogen) atoms. The predicted octanol–water partition coefficient (Wildman–Crippen LogP) is 4.48. The number of hydrogen-bond acceptors (Lipinski definition) is 4. The number of carbonyl (C=O) groups is 2. The Morgan fingerprint density at radius 2 is 2.03 bits per heavy atom. The number of hydrogen-bond donors (Lipinski definition) is 1. The number of para-hydroxylation sites is 2. The molecule has 1 N–H and O–H groups in total. The van der Waals surface area contributed by atoms with Gasteiger partial charge >= 0.3 is 0 Å². The minimum absolute atomic E-state index is 0.0331. The van der Waals surface area contributed by atoms with Crippen molar-refractivity contribution in [3.63, 3.8) is 0 Å². The minimum Gasteiger partial charge on any atom is -0.351 e. The van der Waals surface area contributed by atoms with E-state index in [1.807, 2.05) is 47.5 Å². The molecule has 4 rings (SSSR count). The first-order valence-corrected chi connectivity index (χ1v) is 13.3. The summed E-state index contributed by atoms with van der Waals surface area (Å²) in [5, 5.41) is 3.34. The molecule has 1 aliphatic heterocycles. The van der Waals surface area contributed by atoms with Crippen molar-refractivity contribution in [2.24, 2.45) is 5.92 Å². The number of thioether (sulfide) groups is 1. The number of aromatic nitrogens is 2. The van der Waals surface area contributed by atoms with E-state index in [9.17, 15) is 9.59 Å². The number of rotatable bonds is 8. The van der Waals surface area contributed by atoms with Crippen LogP contribution >= 0.6 is 11.8 Å². The van der Waals surface area contributed by atoms with Crippen molar-refractivity contribution in [2.45, 2.75) is 77.4 Å². The van der Waals surface area contributed by atoms with Crippen molar-refractivity contribution >= 4 is 34.6 Å². The zero-order valence-electron chi connectivity index (χ0n) is 19.6. The molecule has 6 nitrogen and oxygen atoms in total. The molecule has 2 aliphatic rings. The Balaban J connectivity index is 1.62. The van der Waals surface area contributed by atoms with Crippen LogP contribution in [0.25, 0.3) is 11.0 Å². The summed E-state index contributed by atoms with van der Waals surface area (Å²) < 4.78 is 1.95. The van der Waals surface area contributed by atoms with Crippen LogP contribution in [0.4, 0.5) is 0 Å². The maximum Gasteiger partial charge on any atom is 0.290 e. The number of benzene rings is 1. The summed E-state index contributed by atoms with van der Waals surface area (Å²) in [6.45, 7) is 7.35. The molecule has 3 atom stereocenters. The number of nitrogens with one attached hydrogen (secondary N) is 1. The summed E-state index contributed by atoms with van der Waals surface area (Å²) in [5.74, 6) is 2.87. The normalized spacial score (nSPS) is 25.7. The molecule has 0 spiro atoms. The highest BCUT2D eigenvalue weighted by atomic mass is 32.2. The molecule has 1 aromatic heterocycles. The van der Waals surface area contributed by atoms with Gasteiger partial charge in [0.15, 0.2) is 5.82 Å². The van der Waals surface area contributed by atoms with Gasteiger partial charge in [-0.1, -0.05) is 38.8 Å². The van der Waals surface area contributed by atoms with E-state index in [-0.39, 0.29) is 17.9 Å². The zero-order chi connectivity index (χ0) is 22.7. The molecular weight excluding hydrogens is 420 g/mol. The summed E-state index contributed by atoms with van der Waals surface area (Å²) in [6, 6.07) is 8.00. The van der Waals surface area contributed by atoms with Crippen molar-refractivity contribution in [1.29, 1.82) is 0 Å². The van der Waals surface area contributed by atoms with Gasteiger partial charge in [0.05, 0.1) is 17.6 Å². The molecule has 2 aromatic rings. The van der Waals surface area contributed by atoms with Crippen LogP contribution in [0.1, 0.15) is 69.9 Å². The van der Waals surface area contributed by atoms with Gasteiger partial charge in [0, 0.05) is 12.6 Å². The average molecular weight is 457 g/mol. The van der Waals surface area contributed by atoms with E-state index in [2.05, 4.69) is 24.1 Å². The van der Waals surface area contributed by atoms with Gasteiger partial charge < -0.3 is 14.8 Å². The highest BCUT2D eigenvalue weighted by Gasteiger charge is 2.48. The largest absolute Gasteiger partial charge is 0.351 e. The third-order valence-corrected chi connectivity index (χ3v) is 8.36. The summed E-state index contributed by atoms with van der Waals surface area (Å²) in [7, 11) is 0. The standard InChI is InChI=1S/C25H36N4O2S/c1-4-15-32-16-9-14-29-23(30)22-26-20-12-7-8-13-21(20)28(22)17-25(29,3)24(31)27-19-11-6-5-10-18(19)2/h7-8,12-13,18-19H,4-6,9-11,14-17H2,1-3H3,(H,27,31)/t18-,19+,25-/m1/s1. The molecule has 0 bridgehead atoms. The number of amides is 2. The van der Waals surface area contributed by atoms with Crippen molar-refractivity contribution in [3.8, 4) is 0 Å². The van der Waals surface area contributed by atoms with E-state index in [0.717, 1.165) is 54.6 Å². The van der Waals surface area contributed by atoms with E-state index in [1.54, 1.807) is 4.90 Å². The first kappa shape index (κ1) is 23.1. The third kappa shape index (κ3) is 4.41. The lowest BCUT2D eigenvalue weighted by Gasteiger charge is -2.44. The molecule has 0 saturated heterocycles. The maximum atomic E-state index is 13.7. The molecule has 2 heterocycles. The van der Waals surface area contributed by atoms with Crippen LogP contribution in [0.2, 0.25) is 0 Å². The van der Waals surface area contributed by atoms with Crippen molar-refractivity contribution in [3.05, 3.63) is 30.1 Å². The minimum atomic E-state index is -0.930. The number of carbonyl (C=O) groups excluding carboxylic acids is 2. The Bertz CT molecular complexity index is 974. The van der Waals surface area contributed by atoms with Gasteiger partial charge in [-0.2, -0.15) is 11.8 Å². The quantitative estimate of drug-likeness (QED) is 0.595. The molecule has 174 valence electrons. The number of imidazole rings is 1. The van der Waals surface area contributed by atoms with Crippen molar-refractivity contribution in [1.82, 2.24) is 19.8 Å². The van der Waals surface area contributed by atoms with E-state index >= 15 is 0 Å². The summed E-state index contributed by atoms with van der Waals surface area (Å²) in [5.41, 5.74) is 0.791. The number of nitrogens with zero attached hydrogens (tertiary/aromatic N) is 3. The highest BCUT2D eigenvalue weighted by Crippen LogP contribution is 2.32. The van der Waals surface area contributed by atoms with Crippen LogP contribution in [0, 0.1) is 5.92 Å². The maximum absolute atomic E-state index is 13.7. The molecule has 1 saturated carbocycles. The molecular formula is C25H36N4O2S. The Labute approximate surface area is 195 Å². The fourth-order valence-corrected chi connectivity index (χ4v) is 5.93. The number of fused-ring (bicyclic) bond motifs is 3. The topological polar surface area (TPSA) is 67.2 Å². The lowest BCUT2D eigenvalue weighted by Crippen LogP contribution is -2.65. The van der Waals surface area contributed by atoms with Crippen LogP contribution in [0.3, 0.4) is 0 Å². The van der Waals surface area contributed by atoms with Gasteiger partial charge in [0.25, 0.3) is 5.91 Å². The van der Waals surface area contributed by atoms with Gasteiger partial charge in [-0.3, -0.25) is 9.59 Å². The van der Waals surface area contributed by atoms with Gasteiger partial charge in [0.2, 0.25) is 5.91 Å². The van der Waals surface area contributed by atoms with Gasteiger partial charge in [-0.25, -0.2) is 4.98 Å². The third-order valence-electron chi connectivity index (χ3n) is 7.09. The van der Waals surface area contributed by atoms with E-state index in [0.29, 0.717) is 24.8 Å². The second-order valence-corrected chi connectivity index (χ2v) is 10.8. The Kier molecular flexibility index (Phi) is 7.13. The Morgan fingerprint density at radius 1 is 1.25 bits per heavy atom. The molecule has 0 unspecified atom stereocenters. The fourth-order valence-electron chi connectivity index (χ4n) is 5.11. The van der Waals surface area contributed by atoms with Gasteiger partial charge in [0.1, 0.15) is 5.54 Å². The van der Waals surface area contributed by atoms with Gasteiger partial charge in [-0.15, -0.1) is 0 Å². The monoisotopic (exact) mass is 456 g/mol. The van der Waals surface area contributed by atoms with E-state index in [1.165, 1.54) is 6.42 Å². The molecule has 1 aliphatic carbocycles. The summed E-state index contributed by atoms with van der Waals surface area (Å²) in [6.07, 6.45) is 6.57. The summed E-state index contributed by atoms with van der Waals surface area (Å²) >= 11 is 1.91.